The number of nitrogens with zero attached hydrogens (tertiary/aromatic N) is 1. The highest BCUT2D eigenvalue weighted by molar-refractivity contribution is 5.29. The van der Waals surface area contributed by atoms with Crippen LogP contribution in [0.4, 0.5) is 0 Å². The zero-order valence-electron chi connectivity index (χ0n) is 8.51. The van der Waals surface area contributed by atoms with Crippen molar-refractivity contribution < 1.29 is 0 Å². The monoisotopic (exact) mass is 178 g/mol. The van der Waals surface area contributed by atoms with Crippen molar-refractivity contribution in [3.05, 3.63) is 23.5 Å². The molecule has 0 bridgehead atoms. The molecule has 0 unspecified atom stereocenters. The van der Waals surface area contributed by atoms with Crippen LogP contribution in [0.2, 0.25) is 0 Å². The lowest BCUT2D eigenvalue weighted by molar-refractivity contribution is 0.256. The number of hydrogen-bond donors (Lipinski definition) is 1. The van der Waals surface area contributed by atoms with E-state index in [1.165, 1.54) is 24.2 Å². The van der Waals surface area contributed by atoms with Gasteiger partial charge in [0.05, 0.1) is 5.70 Å². The molecule has 2 rings (SSSR count). The largest absolute Gasteiger partial charge is 0.382 e. The van der Waals surface area contributed by atoms with E-state index in [9.17, 15) is 0 Å². The third-order valence-corrected chi connectivity index (χ3v) is 2.78. The Morgan fingerprint density at radius 3 is 3.08 bits per heavy atom. The van der Waals surface area contributed by atoms with Gasteiger partial charge in [-0.1, -0.05) is 6.08 Å². The second-order valence-electron chi connectivity index (χ2n) is 4.02. The first-order valence-electron chi connectivity index (χ1n) is 5.19. The predicted molar refractivity (Wildman–Crippen MR) is 55.2 cm³/mol. The summed E-state index contributed by atoms with van der Waals surface area (Å²) in [7, 11) is 0. The molecule has 0 spiro atoms. The Hall–Kier alpha value is -0.920. The van der Waals surface area contributed by atoms with E-state index in [-0.39, 0.29) is 0 Å². The van der Waals surface area contributed by atoms with E-state index >= 15 is 0 Å². The lowest BCUT2D eigenvalue weighted by atomic mass is 10.0. The molecule has 2 aliphatic rings. The first-order chi connectivity index (χ1) is 6.29. The van der Waals surface area contributed by atoms with Crippen molar-refractivity contribution in [2.75, 3.05) is 13.1 Å². The van der Waals surface area contributed by atoms with Gasteiger partial charge in [-0.05, 0) is 32.8 Å². The number of allylic oxidation sites excluding steroid dienone is 3. The van der Waals surface area contributed by atoms with Crippen molar-refractivity contribution in [2.24, 2.45) is 0 Å². The van der Waals surface area contributed by atoms with Crippen LogP contribution < -0.4 is 5.32 Å². The van der Waals surface area contributed by atoms with Gasteiger partial charge in [0.25, 0.3) is 0 Å². The molecular weight excluding hydrogens is 160 g/mol. The summed E-state index contributed by atoms with van der Waals surface area (Å²) >= 11 is 0. The van der Waals surface area contributed by atoms with E-state index in [2.05, 4.69) is 36.2 Å². The van der Waals surface area contributed by atoms with Gasteiger partial charge >= 0.3 is 0 Å². The molecule has 1 heterocycles. The Labute approximate surface area is 80.3 Å². The molecule has 72 valence electrons. The Kier molecular flexibility index (Phi) is 2.30. The maximum absolute atomic E-state index is 3.46. The molecular formula is C11H18N2. The number of nitrogens with one attached hydrogen (secondary N) is 1. The van der Waals surface area contributed by atoms with Gasteiger partial charge < -0.3 is 10.2 Å². The molecule has 0 aromatic rings. The smallest absolute Gasteiger partial charge is 0.0532 e. The molecule has 0 saturated heterocycles. The van der Waals surface area contributed by atoms with Gasteiger partial charge in [-0.3, -0.25) is 0 Å². The fourth-order valence-corrected chi connectivity index (χ4v) is 2.13. The van der Waals surface area contributed by atoms with Gasteiger partial charge in [0, 0.05) is 24.8 Å². The van der Waals surface area contributed by atoms with Crippen molar-refractivity contribution in [1.82, 2.24) is 10.2 Å². The average Bonchev–Trinajstić information content (AvgIpc) is 2.17. The van der Waals surface area contributed by atoms with E-state index in [4.69, 9.17) is 0 Å². The van der Waals surface area contributed by atoms with Crippen molar-refractivity contribution in [3.63, 3.8) is 0 Å². The van der Waals surface area contributed by atoms with E-state index < -0.39 is 0 Å². The lowest BCUT2D eigenvalue weighted by Crippen LogP contribution is -2.42. The Balaban J connectivity index is 2.25. The van der Waals surface area contributed by atoms with Crippen molar-refractivity contribution in [3.8, 4) is 0 Å². The van der Waals surface area contributed by atoms with E-state index in [1.807, 2.05) is 0 Å². The lowest BCUT2D eigenvalue weighted by Gasteiger charge is -2.38. The summed E-state index contributed by atoms with van der Waals surface area (Å²) in [4.78, 5) is 2.52. The van der Waals surface area contributed by atoms with Gasteiger partial charge in [-0.2, -0.15) is 0 Å². The van der Waals surface area contributed by atoms with Gasteiger partial charge in [-0.15, -0.1) is 0 Å². The molecule has 2 nitrogen and oxygen atoms in total. The molecule has 0 radical (unpaired) electrons. The quantitative estimate of drug-likeness (QED) is 0.659. The van der Waals surface area contributed by atoms with Crippen LogP contribution >= 0.6 is 0 Å². The van der Waals surface area contributed by atoms with Crippen molar-refractivity contribution in [2.45, 2.75) is 32.7 Å². The summed E-state index contributed by atoms with van der Waals surface area (Å²) in [5.41, 5.74) is 2.87. The Bertz CT molecular complexity index is 251. The first-order valence-corrected chi connectivity index (χ1v) is 5.19. The molecule has 0 fully saturated rings. The molecule has 0 aromatic carbocycles. The predicted octanol–water partition coefficient (Wildman–Crippen LogP) is 1.86. The third-order valence-electron chi connectivity index (χ3n) is 2.78. The van der Waals surface area contributed by atoms with Crippen LogP contribution in [0.15, 0.2) is 23.5 Å². The Morgan fingerprint density at radius 2 is 2.31 bits per heavy atom. The fourth-order valence-electron chi connectivity index (χ4n) is 2.13. The molecule has 2 heteroatoms. The molecule has 1 N–H and O–H groups in total. The summed E-state index contributed by atoms with van der Waals surface area (Å²) in [6, 6.07) is 0.638. The van der Waals surface area contributed by atoms with E-state index in [0.717, 1.165) is 13.1 Å². The van der Waals surface area contributed by atoms with E-state index in [1.54, 1.807) is 0 Å². The molecule has 0 saturated carbocycles. The molecule has 1 aliphatic carbocycles. The van der Waals surface area contributed by atoms with Gasteiger partial charge in [0.2, 0.25) is 0 Å². The van der Waals surface area contributed by atoms with Gasteiger partial charge in [0.15, 0.2) is 0 Å². The summed E-state index contributed by atoms with van der Waals surface area (Å²) in [6.07, 6.45) is 6.89. The van der Waals surface area contributed by atoms with Crippen LogP contribution in [0, 0.1) is 0 Å². The highest BCUT2D eigenvalue weighted by atomic mass is 15.2. The number of hydrogen-bond acceptors (Lipinski definition) is 2. The van der Waals surface area contributed by atoms with E-state index in [0.29, 0.717) is 6.04 Å². The fraction of sp³-hybridized carbons (Fsp3) is 0.636. The Morgan fingerprint density at radius 1 is 1.46 bits per heavy atom. The minimum Gasteiger partial charge on any atom is -0.382 e. The topological polar surface area (TPSA) is 15.3 Å². The summed E-state index contributed by atoms with van der Waals surface area (Å²) < 4.78 is 0. The number of rotatable bonds is 1. The minimum atomic E-state index is 0.638. The zero-order valence-corrected chi connectivity index (χ0v) is 8.51. The standard InChI is InChI=1S/C11H18N2/c1-9(2)13-8-7-12-10-5-3-4-6-11(10)13/h3,5,9,12H,4,6-8H2,1-2H3. The van der Waals surface area contributed by atoms with Crippen molar-refractivity contribution in [1.29, 1.82) is 0 Å². The normalized spacial score (nSPS) is 21.9. The summed E-state index contributed by atoms with van der Waals surface area (Å²) in [5, 5.41) is 3.46. The molecule has 1 aliphatic heterocycles. The second-order valence-corrected chi connectivity index (χ2v) is 4.02. The first kappa shape index (κ1) is 8.67. The summed E-state index contributed by atoms with van der Waals surface area (Å²) in [5.74, 6) is 0. The van der Waals surface area contributed by atoms with Gasteiger partial charge in [0.1, 0.15) is 0 Å². The molecule has 13 heavy (non-hydrogen) atoms. The molecule has 0 atom stereocenters. The summed E-state index contributed by atoms with van der Waals surface area (Å²) in [6.45, 7) is 6.79. The molecule has 0 amide bonds. The van der Waals surface area contributed by atoms with Crippen LogP contribution in [-0.2, 0) is 0 Å². The third kappa shape index (κ3) is 1.58. The maximum atomic E-state index is 3.46. The van der Waals surface area contributed by atoms with Crippen molar-refractivity contribution >= 4 is 0 Å². The SMILES string of the molecule is CC(C)N1CCNC2=C1CCC=C2. The highest BCUT2D eigenvalue weighted by Crippen LogP contribution is 2.24. The maximum Gasteiger partial charge on any atom is 0.0532 e. The average molecular weight is 178 g/mol. The zero-order chi connectivity index (χ0) is 9.26. The van der Waals surface area contributed by atoms with Crippen LogP contribution in [0.3, 0.4) is 0 Å². The second kappa shape index (κ2) is 3.44. The van der Waals surface area contributed by atoms with Crippen LogP contribution in [0.25, 0.3) is 0 Å². The van der Waals surface area contributed by atoms with Crippen LogP contribution in [-0.4, -0.2) is 24.0 Å². The van der Waals surface area contributed by atoms with Crippen LogP contribution in [0.1, 0.15) is 26.7 Å². The minimum absolute atomic E-state index is 0.638. The van der Waals surface area contributed by atoms with Gasteiger partial charge in [-0.25, -0.2) is 0 Å². The highest BCUT2D eigenvalue weighted by Gasteiger charge is 2.21. The van der Waals surface area contributed by atoms with Crippen LogP contribution in [0.5, 0.6) is 0 Å². The molecule has 0 aromatic heterocycles.